The molecule has 0 aliphatic heterocycles. The van der Waals surface area contributed by atoms with Crippen molar-refractivity contribution in [2.45, 2.75) is 25.5 Å². The van der Waals surface area contributed by atoms with Crippen LogP contribution in [0.15, 0.2) is 35.1 Å². The molecule has 0 atom stereocenters. The van der Waals surface area contributed by atoms with Gasteiger partial charge in [-0.05, 0) is 24.3 Å². The molecule has 1 aromatic carbocycles. The van der Waals surface area contributed by atoms with Crippen molar-refractivity contribution < 1.29 is 4.79 Å². The van der Waals surface area contributed by atoms with Crippen LogP contribution in [0.4, 0.5) is 5.69 Å². The number of rotatable bonds is 6. The fourth-order valence-electron chi connectivity index (χ4n) is 2.16. The number of hydrogen-bond donors (Lipinski definition) is 1. The summed E-state index contributed by atoms with van der Waals surface area (Å²) in [7, 11) is 0. The molecule has 6 nitrogen and oxygen atoms in total. The molecule has 136 valence electrons. The zero-order valence-electron chi connectivity index (χ0n) is 14.2. The topological polar surface area (TPSA) is 76.4 Å². The number of halogens is 1. The molecule has 0 saturated heterocycles. The van der Waals surface area contributed by atoms with Crippen LogP contribution in [-0.2, 0) is 10.5 Å². The SMILES string of the molecule is CC(C)c1nn2c(=O)cc(CSCC(=O)Nc3ccc(Cl)cc3)nc2s1. The number of anilines is 1. The summed E-state index contributed by atoms with van der Waals surface area (Å²) in [6.45, 7) is 4.05. The van der Waals surface area contributed by atoms with Gasteiger partial charge in [0.15, 0.2) is 0 Å². The monoisotopic (exact) mass is 408 g/mol. The van der Waals surface area contributed by atoms with Crippen molar-refractivity contribution in [2.75, 3.05) is 11.1 Å². The Morgan fingerprint density at radius 3 is 2.77 bits per heavy atom. The highest BCUT2D eigenvalue weighted by atomic mass is 35.5. The summed E-state index contributed by atoms with van der Waals surface area (Å²) in [4.78, 5) is 29.2. The van der Waals surface area contributed by atoms with Crippen molar-refractivity contribution in [1.82, 2.24) is 14.6 Å². The first-order valence-electron chi connectivity index (χ1n) is 7.95. The Morgan fingerprint density at radius 1 is 1.35 bits per heavy atom. The van der Waals surface area contributed by atoms with Crippen LogP contribution >= 0.6 is 34.7 Å². The third-order valence-electron chi connectivity index (χ3n) is 3.42. The second kappa shape index (κ2) is 8.20. The number of amides is 1. The molecule has 3 aromatic rings. The Labute approximate surface area is 163 Å². The lowest BCUT2D eigenvalue weighted by molar-refractivity contribution is -0.113. The molecule has 0 aliphatic carbocycles. The molecule has 0 saturated carbocycles. The average Bonchev–Trinajstić information content (AvgIpc) is 3.02. The van der Waals surface area contributed by atoms with Crippen LogP contribution in [0.25, 0.3) is 4.96 Å². The third-order valence-corrected chi connectivity index (χ3v) is 5.85. The molecule has 1 amide bonds. The van der Waals surface area contributed by atoms with Crippen molar-refractivity contribution in [3.8, 4) is 0 Å². The third kappa shape index (κ3) is 4.63. The van der Waals surface area contributed by atoms with Gasteiger partial charge in [-0.15, -0.1) is 11.8 Å². The van der Waals surface area contributed by atoms with Gasteiger partial charge >= 0.3 is 0 Å². The maximum absolute atomic E-state index is 12.2. The van der Waals surface area contributed by atoms with Crippen LogP contribution in [0, 0.1) is 0 Å². The quantitative estimate of drug-likeness (QED) is 0.671. The van der Waals surface area contributed by atoms with Crippen molar-refractivity contribution in [3.63, 3.8) is 0 Å². The van der Waals surface area contributed by atoms with Crippen LogP contribution < -0.4 is 10.9 Å². The Morgan fingerprint density at radius 2 is 2.08 bits per heavy atom. The van der Waals surface area contributed by atoms with Gasteiger partial charge in [0.25, 0.3) is 5.56 Å². The van der Waals surface area contributed by atoms with Gasteiger partial charge in [0.2, 0.25) is 10.9 Å². The molecule has 0 bridgehead atoms. The molecule has 0 unspecified atom stereocenters. The predicted molar refractivity (Wildman–Crippen MR) is 107 cm³/mol. The Balaban J connectivity index is 1.59. The number of fused-ring (bicyclic) bond motifs is 1. The second-order valence-corrected chi connectivity index (χ2v) is 8.33. The molecule has 26 heavy (non-hydrogen) atoms. The molecule has 2 aromatic heterocycles. The van der Waals surface area contributed by atoms with E-state index in [1.165, 1.54) is 33.7 Å². The first-order valence-corrected chi connectivity index (χ1v) is 10.3. The summed E-state index contributed by atoms with van der Waals surface area (Å²) in [5, 5.41) is 8.59. The zero-order chi connectivity index (χ0) is 18.7. The Bertz CT molecular complexity index is 983. The molecule has 3 rings (SSSR count). The molecule has 0 fully saturated rings. The highest BCUT2D eigenvalue weighted by molar-refractivity contribution is 7.99. The predicted octanol–water partition coefficient (Wildman–Crippen LogP) is 3.80. The van der Waals surface area contributed by atoms with Crippen molar-refractivity contribution >= 4 is 51.3 Å². The van der Waals surface area contributed by atoms with Gasteiger partial charge in [-0.25, -0.2) is 4.98 Å². The first kappa shape index (κ1) is 18.9. The van der Waals surface area contributed by atoms with E-state index in [-0.39, 0.29) is 23.1 Å². The standard InChI is InChI=1S/C17H17ClN4O2S2/c1-10(2)16-21-22-15(24)7-13(20-17(22)26-16)8-25-9-14(23)19-12-5-3-11(18)4-6-12/h3-7,10H,8-9H2,1-2H3,(H,19,23). The van der Waals surface area contributed by atoms with Gasteiger partial charge in [-0.3, -0.25) is 9.59 Å². The normalized spacial score (nSPS) is 11.2. The van der Waals surface area contributed by atoms with Gasteiger partial charge in [0.05, 0.1) is 11.4 Å². The number of nitrogens with zero attached hydrogens (tertiary/aromatic N) is 3. The number of aromatic nitrogens is 3. The van der Waals surface area contributed by atoms with Crippen LogP contribution in [0.2, 0.25) is 5.02 Å². The average molecular weight is 409 g/mol. The number of nitrogens with one attached hydrogen (secondary N) is 1. The van der Waals surface area contributed by atoms with E-state index in [2.05, 4.69) is 15.4 Å². The largest absolute Gasteiger partial charge is 0.325 e. The van der Waals surface area contributed by atoms with E-state index in [1.54, 1.807) is 24.3 Å². The van der Waals surface area contributed by atoms with Crippen LogP contribution in [0.5, 0.6) is 0 Å². The Kier molecular flexibility index (Phi) is 5.95. The minimum atomic E-state index is -0.195. The van der Waals surface area contributed by atoms with Crippen molar-refractivity contribution in [1.29, 1.82) is 0 Å². The number of thioether (sulfide) groups is 1. The zero-order valence-corrected chi connectivity index (χ0v) is 16.6. The van der Waals surface area contributed by atoms with Crippen LogP contribution in [-0.4, -0.2) is 26.3 Å². The van der Waals surface area contributed by atoms with Crippen LogP contribution in [0.1, 0.15) is 30.5 Å². The van der Waals surface area contributed by atoms with Crippen molar-refractivity contribution in [2.24, 2.45) is 0 Å². The molecule has 0 radical (unpaired) electrons. The number of carbonyl (C=O) groups excluding carboxylic acids is 1. The van der Waals surface area contributed by atoms with E-state index in [9.17, 15) is 9.59 Å². The first-order chi connectivity index (χ1) is 12.4. The van der Waals surface area contributed by atoms with Crippen molar-refractivity contribution in [3.05, 3.63) is 56.4 Å². The molecule has 2 heterocycles. The lowest BCUT2D eigenvalue weighted by atomic mass is 10.2. The molecule has 1 N–H and O–H groups in total. The van der Waals surface area contributed by atoms with Gasteiger partial charge in [0, 0.05) is 28.4 Å². The summed E-state index contributed by atoms with van der Waals surface area (Å²) in [5.74, 6) is 0.878. The van der Waals surface area contributed by atoms with Gasteiger partial charge < -0.3 is 5.32 Å². The Hall–Kier alpha value is -1.90. The van der Waals surface area contributed by atoms with E-state index in [0.717, 1.165) is 5.01 Å². The van der Waals surface area contributed by atoms with E-state index in [0.29, 0.717) is 27.1 Å². The summed E-state index contributed by atoms with van der Waals surface area (Å²) < 4.78 is 1.33. The van der Waals surface area contributed by atoms with Crippen LogP contribution in [0.3, 0.4) is 0 Å². The maximum Gasteiger partial charge on any atom is 0.275 e. The number of carbonyl (C=O) groups is 1. The molecule has 0 aliphatic rings. The van der Waals surface area contributed by atoms with E-state index in [4.69, 9.17) is 11.6 Å². The minimum absolute atomic E-state index is 0.116. The van der Waals surface area contributed by atoms with E-state index >= 15 is 0 Å². The number of benzene rings is 1. The smallest absolute Gasteiger partial charge is 0.275 e. The van der Waals surface area contributed by atoms with Gasteiger partial charge in [-0.2, -0.15) is 9.61 Å². The lowest BCUT2D eigenvalue weighted by Gasteiger charge is -2.05. The molecule has 0 spiro atoms. The highest BCUT2D eigenvalue weighted by Gasteiger charge is 2.12. The maximum atomic E-state index is 12.2. The lowest BCUT2D eigenvalue weighted by Crippen LogP contribution is -2.16. The second-order valence-electron chi connectivity index (χ2n) is 5.92. The minimum Gasteiger partial charge on any atom is -0.325 e. The summed E-state index contributed by atoms with van der Waals surface area (Å²) in [5.41, 5.74) is 1.15. The number of hydrogen-bond acceptors (Lipinski definition) is 6. The fourth-order valence-corrected chi connectivity index (χ4v) is 3.92. The van der Waals surface area contributed by atoms with Gasteiger partial charge in [0.1, 0.15) is 5.01 Å². The summed E-state index contributed by atoms with van der Waals surface area (Å²) in [6.07, 6.45) is 0. The van der Waals surface area contributed by atoms with Gasteiger partial charge in [-0.1, -0.05) is 36.8 Å². The fraction of sp³-hybridized carbons (Fsp3) is 0.294. The highest BCUT2D eigenvalue weighted by Crippen LogP contribution is 2.21. The molecular weight excluding hydrogens is 392 g/mol. The molecule has 9 heteroatoms. The molecular formula is C17H17ClN4O2S2. The van der Waals surface area contributed by atoms with E-state index in [1.807, 2.05) is 13.8 Å². The summed E-state index contributed by atoms with van der Waals surface area (Å²) >= 11 is 8.64. The summed E-state index contributed by atoms with van der Waals surface area (Å²) in [6, 6.07) is 8.41. The van der Waals surface area contributed by atoms with E-state index < -0.39 is 0 Å².